The van der Waals surface area contributed by atoms with E-state index in [2.05, 4.69) is 5.10 Å². The van der Waals surface area contributed by atoms with E-state index in [0.717, 1.165) is 22.4 Å². The maximum Gasteiger partial charge on any atom is 0.418 e. The standard InChI is InChI=1S/C24H24F3N3O3/c1-5-29(16(3)17-9-8-10-18(14-17)33-4)23(32)22-21(31)13-15(2)30(28-22)20-12-7-6-11-19(20)24(25,26)27/h6-14,16H,5H2,1-4H3. The van der Waals surface area contributed by atoms with Crippen LogP contribution in [0.15, 0.2) is 59.4 Å². The van der Waals surface area contributed by atoms with Crippen LogP contribution >= 0.6 is 0 Å². The van der Waals surface area contributed by atoms with E-state index in [4.69, 9.17) is 4.74 Å². The van der Waals surface area contributed by atoms with Crippen LogP contribution in [0.1, 0.15) is 47.2 Å². The molecule has 0 fully saturated rings. The minimum atomic E-state index is -4.63. The van der Waals surface area contributed by atoms with E-state index in [9.17, 15) is 22.8 Å². The summed E-state index contributed by atoms with van der Waals surface area (Å²) in [7, 11) is 1.53. The number of methoxy groups -OCH3 is 1. The zero-order valence-corrected chi connectivity index (χ0v) is 18.7. The summed E-state index contributed by atoms with van der Waals surface area (Å²) in [5.41, 5.74) is -1.33. The molecule has 174 valence electrons. The highest BCUT2D eigenvalue weighted by Gasteiger charge is 2.34. The van der Waals surface area contributed by atoms with E-state index in [1.165, 1.54) is 37.1 Å². The van der Waals surface area contributed by atoms with E-state index < -0.39 is 34.8 Å². The van der Waals surface area contributed by atoms with Gasteiger partial charge < -0.3 is 9.64 Å². The topological polar surface area (TPSA) is 64.4 Å². The molecule has 1 unspecified atom stereocenters. The van der Waals surface area contributed by atoms with Crippen molar-refractivity contribution in [2.24, 2.45) is 0 Å². The first-order valence-corrected chi connectivity index (χ1v) is 10.3. The molecular formula is C24H24F3N3O3. The second-order valence-electron chi connectivity index (χ2n) is 7.47. The van der Waals surface area contributed by atoms with Crippen molar-refractivity contribution in [1.82, 2.24) is 14.7 Å². The number of rotatable bonds is 6. The predicted octanol–water partition coefficient (Wildman–Crippen LogP) is 4.79. The zero-order valence-electron chi connectivity index (χ0n) is 18.7. The monoisotopic (exact) mass is 459 g/mol. The van der Waals surface area contributed by atoms with Crippen molar-refractivity contribution in [3.63, 3.8) is 0 Å². The summed E-state index contributed by atoms with van der Waals surface area (Å²) < 4.78 is 46.9. The number of aryl methyl sites for hydroxylation is 1. The molecule has 1 atom stereocenters. The fraction of sp³-hybridized carbons (Fsp3) is 0.292. The SMILES string of the molecule is CCN(C(=O)c1nn(-c2ccccc2C(F)(F)F)c(C)cc1=O)C(C)c1cccc(OC)c1. The Hall–Kier alpha value is -3.62. The normalized spacial score (nSPS) is 12.3. The number of para-hydroxylation sites is 1. The second-order valence-corrected chi connectivity index (χ2v) is 7.47. The van der Waals surface area contributed by atoms with Gasteiger partial charge in [0.25, 0.3) is 5.91 Å². The molecule has 0 radical (unpaired) electrons. The average molecular weight is 459 g/mol. The Balaban J connectivity index is 2.08. The summed E-state index contributed by atoms with van der Waals surface area (Å²) in [6.45, 7) is 5.26. The van der Waals surface area contributed by atoms with Crippen LogP contribution < -0.4 is 10.2 Å². The molecule has 0 aliphatic heterocycles. The van der Waals surface area contributed by atoms with E-state index in [1.807, 2.05) is 6.07 Å². The quantitative estimate of drug-likeness (QED) is 0.532. The van der Waals surface area contributed by atoms with Crippen LogP contribution in [-0.2, 0) is 6.18 Å². The van der Waals surface area contributed by atoms with Crippen LogP contribution in [0.3, 0.4) is 0 Å². The summed E-state index contributed by atoms with van der Waals surface area (Å²) in [6.07, 6.45) is -4.63. The Morgan fingerprint density at radius 1 is 1.15 bits per heavy atom. The Bertz CT molecular complexity index is 1220. The van der Waals surface area contributed by atoms with Crippen LogP contribution in [0.5, 0.6) is 5.75 Å². The van der Waals surface area contributed by atoms with Crippen molar-refractivity contribution in [3.8, 4) is 11.4 Å². The van der Waals surface area contributed by atoms with Gasteiger partial charge in [0.15, 0.2) is 5.69 Å². The molecule has 0 aliphatic rings. The molecule has 0 spiro atoms. The largest absolute Gasteiger partial charge is 0.497 e. The van der Waals surface area contributed by atoms with Crippen LogP contribution in [0.25, 0.3) is 5.69 Å². The van der Waals surface area contributed by atoms with Crippen molar-refractivity contribution >= 4 is 5.91 Å². The Morgan fingerprint density at radius 3 is 2.48 bits per heavy atom. The van der Waals surface area contributed by atoms with Crippen molar-refractivity contribution in [1.29, 1.82) is 0 Å². The number of halogens is 3. The number of carbonyl (C=O) groups is 1. The summed E-state index contributed by atoms with van der Waals surface area (Å²) in [5.74, 6) is -0.0570. The summed E-state index contributed by atoms with van der Waals surface area (Å²) in [6, 6.07) is 12.7. The molecular weight excluding hydrogens is 435 g/mol. The van der Waals surface area contributed by atoms with Gasteiger partial charge in [-0.3, -0.25) is 9.59 Å². The van der Waals surface area contributed by atoms with Gasteiger partial charge >= 0.3 is 6.18 Å². The molecule has 3 rings (SSSR count). The summed E-state index contributed by atoms with van der Waals surface area (Å²) >= 11 is 0. The highest BCUT2D eigenvalue weighted by Crippen LogP contribution is 2.33. The minimum absolute atomic E-state index is 0.178. The molecule has 1 heterocycles. The van der Waals surface area contributed by atoms with Crippen molar-refractivity contribution in [2.45, 2.75) is 33.0 Å². The number of hydrogen-bond acceptors (Lipinski definition) is 4. The number of hydrogen-bond donors (Lipinski definition) is 0. The van der Waals surface area contributed by atoms with Gasteiger partial charge in [-0.25, -0.2) is 4.68 Å². The van der Waals surface area contributed by atoms with Crippen LogP contribution in [0.4, 0.5) is 13.2 Å². The molecule has 0 saturated heterocycles. The van der Waals surface area contributed by atoms with Gasteiger partial charge in [-0.1, -0.05) is 24.3 Å². The maximum atomic E-state index is 13.6. The van der Waals surface area contributed by atoms with Crippen LogP contribution in [-0.4, -0.2) is 34.2 Å². The Labute approximate surface area is 189 Å². The van der Waals surface area contributed by atoms with E-state index >= 15 is 0 Å². The van der Waals surface area contributed by atoms with Crippen LogP contribution in [0, 0.1) is 6.92 Å². The average Bonchev–Trinajstić information content (AvgIpc) is 2.79. The Kier molecular flexibility index (Phi) is 6.90. The van der Waals surface area contributed by atoms with Gasteiger partial charge in [0, 0.05) is 18.3 Å². The van der Waals surface area contributed by atoms with E-state index in [1.54, 1.807) is 32.0 Å². The summed E-state index contributed by atoms with van der Waals surface area (Å²) in [5, 5.41) is 4.08. The third kappa shape index (κ3) is 4.92. The maximum absolute atomic E-state index is 13.6. The highest BCUT2D eigenvalue weighted by molar-refractivity contribution is 5.92. The van der Waals surface area contributed by atoms with Gasteiger partial charge in [0.1, 0.15) is 5.75 Å². The first-order valence-electron chi connectivity index (χ1n) is 10.3. The van der Waals surface area contributed by atoms with Gasteiger partial charge in [0.05, 0.1) is 24.4 Å². The lowest BCUT2D eigenvalue weighted by Gasteiger charge is -2.28. The molecule has 0 bridgehead atoms. The molecule has 33 heavy (non-hydrogen) atoms. The lowest BCUT2D eigenvalue weighted by molar-refractivity contribution is -0.137. The number of alkyl halides is 3. The van der Waals surface area contributed by atoms with Crippen molar-refractivity contribution in [2.75, 3.05) is 13.7 Å². The number of amides is 1. The van der Waals surface area contributed by atoms with E-state index in [0.29, 0.717) is 5.75 Å². The highest BCUT2D eigenvalue weighted by atomic mass is 19.4. The smallest absolute Gasteiger partial charge is 0.418 e. The second kappa shape index (κ2) is 9.48. The number of ether oxygens (including phenoxy) is 1. The third-order valence-corrected chi connectivity index (χ3v) is 5.39. The molecule has 0 saturated carbocycles. The van der Waals surface area contributed by atoms with Crippen LogP contribution in [0.2, 0.25) is 0 Å². The molecule has 1 aromatic heterocycles. The molecule has 0 N–H and O–H groups in total. The predicted molar refractivity (Wildman–Crippen MR) is 118 cm³/mol. The molecule has 9 heteroatoms. The van der Waals surface area contributed by atoms with Gasteiger partial charge in [-0.05, 0) is 50.6 Å². The first kappa shape index (κ1) is 24.0. The molecule has 6 nitrogen and oxygen atoms in total. The van der Waals surface area contributed by atoms with Gasteiger partial charge in [-0.2, -0.15) is 18.3 Å². The third-order valence-electron chi connectivity index (χ3n) is 5.39. The van der Waals surface area contributed by atoms with Gasteiger partial charge in [0.2, 0.25) is 5.43 Å². The first-order chi connectivity index (χ1) is 15.6. The number of benzene rings is 2. The van der Waals surface area contributed by atoms with Gasteiger partial charge in [-0.15, -0.1) is 0 Å². The molecule has 0 aliphatic carbocycles. The lowest BCUT2D eigenvalue weighted by atomic mass is 10.1. The fourth-order valence-corrected chi connectivity index (χ4v) is 3.65. The molecule has 1 amide bonds. The minimum Gasteiger partial charge on any atom is -0.497 e. The Morgan fingerprint density at radius 2 is 1.85 bits per heavy atom. The summed E-state index contributed by atoms with van der Waals surface area (Å²) in [4.78, 5) is 27.4. The zero-order chi connectivity index (χ0) is 24.3. The molecule has 2 aromatic carbocycles. The van der Waals surface area contributed by atoms with E-state index in [-0.39, 0.29) is 17.9 Å². The van der Waals surface area contributed by atoms with Crippen molar-refractivity contribution in [3.05, 3.63) is 87.3 Å². The lowest BCUT2D eigenvalue weighted by Crippen LogP contribution is -2.38. The fourth-order valence-electron chi connectivity index (χ4n) is 3.65. The number of aromatic nitrogens is 2. The number of carbonyl (C=O) groups excluding carboxylic acids is 1. The van der Waals surface area contributed by atoms with Crippen molar-refractivity contribution < 1.29 is 22.7 Å². The number of nitrogens with zero attached hydrogens (tertiary/aromatic N) is 3. The molecule has 3 aromatic rings.